The third-order valence-corrected chi connectivity index (χ3v) is 4.63. The van der Waals surface area contributed by atoms with Gasteiger partial charge in [0.1, 0.15) is 17.5 Å². The Kier molecular flexibility index (Phi) is 4.29. The Morgan fingerprint density at radius 1 is 1.14 bits per heavy atom. The van der Waals surface area contributed by atoms with E-state index < -0.39 is 0 Å². The zero-order chi connectivity index (χ0) is 14.8. The second kappa shape index (κ2) is 6.18. The van der Waals surface area contributed by atoms with Crippen LogP contribution in [0, 0.1) is 6.92 Å². The van der Waals surface area contributed by atoms with Crippen molar-refractivity contribution in [3.63, 3.8) is 0 Å². The van der Waals surface area contributed by atoms with Crippen LogP contribution in [0.3, 0.4) is 0 Å². The molecule has 21 heavy (non-hydrogen) atoms. The van der Waals surface area contributed by atoms with Crippen molar-refractivity contribution >= 4 is 11.6 Å². The third-order valence-electron chi connectivity index (χ3n) is 4.63. The summed E-state index contributed by atoms with van der Waals surface area (Å²) in [5, 5.41) is 6.95. The smallest absolute Gasteiger partial charge is 0.136 e. The first-order valence-electron chi connectivity index (χ1n) is 8.25. The number of likely N-dealkylation sites (N-methyl/N-ethyl adjacent to an activating group) is 1. The van der Waals surface area contributed by atoms with E-state index in [0.29, 0.717) is 12.0 Å². The maximum absolute atomic E-state index is 4.78. The fourth-order valence-electron chi connectivity index (χ4n) is 3.02. The zero-order valence-electron chi connectivity index (χ0n) is 13.4. The molecule has 3 rings (SSSR count). The molecule has 2 fully saturated rings. The van der Waals surface area contributed by atoms with E-state index in [9.17, 15) is 0 Å². The first-order chi connectivity index (χ1) is 10.2. The van der Waals surface area contributed by atoms with E-state index in [1.165, 1.54) is 32.2 Å². The lowest BCUT2D eigenvalue weighted by molar-refractivity contribution is 0.322. The van der Waals surface area contributed by atoms with Crippen molar-refractivity contribution in [3.8, 4) is 0 Å². The number of nitrogens with one attached hydrogen (secondary N) is 2. The molecule has 116 valence electrons. The van der Waals surface area contributed by atoms with Crippen molar-refractivity contribution in [1.82, 2.24) is 14.9 Å². The van der Waals surface area contributed by atoms with Gasteiger partial charge in [-0.2, -0.15) is 0 Å². The highest BCUT2D eigenvalue weighted by Crippen LogP contribution is 2.39. The Labute approximate surface area is 127 Å². The van der Waals surface area contributed by atoms with Crippen LogP contribution in [0.2, 0.25) is 0 Å². The molecule has 0 spiro atoms. The summed E-state index contributed by atoms with van der Waals surface area (Å²) in [6, 6.07) is 0.631. The standard InChI is InChI=1S/C16H27N5/c1-4-17-14-11(2)15(20-16(19-14)12-7-8-12)18-10-13-6-5-9-21(13)3/h12-13H,4-10H2,1-3H3,(H2,17,18,19,20). The van der Waals surface area contributed by atoms with Crippen LogP contribution in [0.15, 0.2) is 0 Å². The Balaban J connectivity index is 1.75. The van der Waals surface area contributed by atoms with Gasteiger partial charge in [0, 0.05) is 30.6 Å². The van der Waals surface area contributed by atoms with Crippen molar-refractivity contribution in [1.29, 1.82) is 0 Å². The number of nitrogens with zero attached hydrogens (tertiary/aromatic N) is 3. The van der Waals surface area contributed by atoms with E-state index in [1.54, 1.807) is 0 Å². The molecule has 1 unspecified atom stereocenters. The van der Waals surface area contributed by atoms with Gasteiger partial charge in [0.25, 0.3) is 0 Å². The average molecular weight is 289 g/mol. The average Bonchev–Trinajstić information content (AvgIpc) is 3.24. The van der Waals surface area contributed by atoms with Crippen LogP contribution in [0.4, 0.5) is 11.6 Å². The molecule has 0 aromatic carbocycles. The lowest BCUT2D eigenvalue weighted by Gasteiger charge is -2.21. The minimum Gasteiger partial charge on any atom is -0.370 e. The quantitative estimate of drug-likeness (QED) is 0.843. The van der Waals surface area contributed by atoms with E-state index in [0.717, 1.165) is 36.1 Å². The summed E-state index contributed by atoms with van der Waals surface area (Å²) in [7, 11) is 2.21. The largest absolute Gasteiger partial charge is 0.370 e. The topological polar surface area (TPSA) is 53.1 Å². The molecule has 1 atom stereocenters. The van der Waals surface area contributed by atoms with Crippen LogP contribution in [0.5, 0.6) is 0 Å². The number of anilines is 2. The molecule has 0 bridgehead atoms. The molecule has 1 saturated heterocycles. The van der Waals surface area contributed by atoms with E-state index in [-0.39, 0.29) is 0 Å². The number of hydrogen-bond acceptors (Lipinski definition) is 5. The molecule has 0 amide bonds. The highest BCUT2D eigenvalue weighted by atomic mass is 15.2. The first kappa shape index (κ1) is 14.6. The summed E-state index contributed by atoms with van der Waals surface area (Å²) in [4.78, 5) is 11.9. The number of aromatic nitrogens is 2. The summed E-state index contributed by atoms with van der Waals surface area (Å²) in [6.45, 7) is 7.30. The molecule has 1 aliphatic heterocycles. The Morgan fingerprint density at radius 2 is 1.86 bits per heavy atom. The van der Waals surface area contributed by atoms with Gasteiger partial charge >= 0.3 is 0 Å². The van der Waals surface area contributed by atoms with Crippen LogP contribution < -0.4 is 10.6 Å². The maximum Gasteiger partial charge on any atom is 0.136 e. The molecular weight excluding hydrogens is 262 g/mol. The molecule has 5 nitrogen and oxygen atoms in total. The molecule has 2 N–H and O–H groups in total. The molecular formula is C16H27N5. The predicted octanol–water partition coefficient (Wildman–Crippen LogP) is 2.60. The van der Waals surface area contributed by atoms with Gasteiger partial charge in [0.05, 0.1) is 0 Å². The van der Waals surface area contributed by atoms with Crippen LogP contribution in [0.25, 0.3) is 0 Å². The molecule has 1 aliphatic carbocycles. The Morgan fingerprint density at radius 3 is 2.43 bits per heavy atom. The number of likely N-dealkylation sites (tertiary alicyclic amines) is 1. The summed E-state index contributed by atoms with van der Waals surface area (Å²) >= 11 is 0. The fraction of sp³-hybridized carbons (Fsp3) is 0.750. The Hall–Kier alpha value is -1.36. The second-order valence-corrected chi connectivity index (χ2v) is 6.37. The molecule has 2 aliphatic rings. The summed E-state index contributed by atoms with van der Waals surface area (Å²) in [5.74, 6) is 3.61. The summed E-state index contributed by atoms with van der Waals surface area (Å²) in [5.41, 5.74) is 1.14. The number of rotatable bonds is 6. The van der Waals surface area contributed by atoms with Gasteiger partial charge in [0.15, 0.2) is 0 Å². The second-order valence-electron chi connectivity index (χ2n) is 6.37. The predicted molar refractivity (Wildman–Crippen MR) is 87.0 cm³/mol. The molecule has 1 aromatic rings. The lowest BCUT2D eigenvalue weighted by atomic mass is 10.2. The van der Waals surface area contributed by atoms with Crippen molar-refractivity contribution < 1.29 is 0 Å². The van der Waals surface area contributed by atoms with Crippen LogP contribution in [0.1, 0.15) is 49.9 Å². The van der Waals surface area contributed by atoms with E-state index in [2.05, 4.69) is 36.4 Å². The van der Waals surface area contributed by atoms with Gasteiger partial charge in [-0.15, -0.1) is 0 Å². The minimum atomic E-state index is 0.581. The van der Waals surface area contributed by atoms with Gasteiger partial charge in [-0.25, -0.2) is 9.97 Å². The number of hydrogen-bond donors (Lipinski definition) is 2. The summed E-state index contributed by atoms with van der Waals surface area (Å²) in [6.07, 6.45) is 5.06. The first-order valence-corrected chi connectivity index (χ1v) is 8.25. The third kappa shape index (κ3) is 3.28. The molecule has 1 aromatic heterocycles. The molecule has 0 radical (unpaired) electrons. The minimum absolute atomic E-state index is 0.581. The normalized spacial score (nSPS) is 22.5. The van der Waals surface area contributed by atoms with Crippen LogP contribution in [-0.4, -0.2) is 47.6 Å². The Bertz CT molecular complexity index is 498. The van der Waals surface area contributed by atoms with E-state index in [1.807, 2.05) is 0 Å². The van der Waals surface area contributed by atoms with Crippen molar-refractivity contribution in [2.45, 2.75) is 51.5 Å². The lowest BCUT2D eigenvalue weighted by Crippen LogP contribution is -2.32. The fourth-order valence-corrected chi connectivity index (χ4v) is 3.02. The summed E-state index contributed by atoms with van der Waals surface area (Å²) < 4.78 is 0. The van der Waals surface area contributed by atoms with Crippen LogP contribution >= 0.6 is 0 Å². The molecule has 2 heterocycles. The monoisotopic (exact) mass is 289 g/mol. The van der Waals surface area contributed by atoms with Gasteiger partial charge < -0.3 is 15.5 Å². The van der Waals surface area contributed by atoms with Crippen LogP contribution in [-0.2, 0) is 0 Å². The SMILES string of the molecule is CCNc1nc(C2CC2)nc(NCC2CCCN2C)c1C. The van der Waals surface area contributed by atoms with Gasteiger partial charge in [0.2, 0.25) is 0 Å². The molecule has 1 saturated carbocycles. The van der Waals surface area contributed by atoms with Crippen molar-refractivity contribution in [2.24, 2.45) is 0 Å². The van der Waals surface area contributed by atoms with Gasteiger partial charge in [-0.3, -0.25) is 0 Å². The highest BCUT2D eigenvalue weighted by molar-refractivity contribution is 5.57. The zero-order valence-corrected chi connectivity index (χ0v) is 13.4. The molecule has 5 heteroatoms. The van der Waals surface area contributed by atoms with Gasteiger partial charge in [-0.05, 0) is 53.1 Å². The maximum atomic E-state index is 4.78. The highest BCUT2D eigenvalue weighted by Gasteiger charge is 2.28. The van der Waals surface area contributed by atoms with Crippen molar-refractivity contribution in [3.05, 3.63) is 11.4 Å². The van der Waals surface area contributed by atoms with E-state index >= 15 is 0 Å². The van der Waals surface area contributed by atoms with Crippen molar-refractivity contribution in [2.75, 3.05) is 37.3 Å². The van der Waals surface area contributed by atoms with E-state index in [4.69, 9.17) is 9.97 Å². The van der Waals surface area contributed by atoms with Gasteiger partial charge in [-0.1, -0.05) is 0 Å².